The van der Waals surface area contributed by atoms with Crippen molar-refractivity contribution in [2.45, 2.75) is 5.75 Å². The molecule has 4 N–H and O–H groups in total. The van der Waals surface area contributed by atoms with Gasteiger partial charge >= 0.3 is 0 Å². The van der Waals surface area contributed by atoms with Crippen molar-refractivity contribution in [3.8, 4) is 11.5 Å². The van der Waals surface area contributed by atoms with Gasteiger partial charge in [-0.05, 0) is 29.8 Å². The Bertz CT molecular complexity index is 814. The summed E-state index contributed by atoms with van der Waals surface area (Å²) in [6.45, 7) is 3.54. The fourth-order valence-electron chi connectivity index (χ4n) is 2.13. The summed E-state index contributed by atoms with van der Waals surface area (Å²) in [4.78, 5) is 12.5. The lowest BCUT2D eigenvalue weighted by Crippen LogP contribution is -2.12. The minimum atomic E-state index is -0.268. The third-order valence-electron chi connectivity index (χ3n) is 3.47. The van der Waals surface area contributed by atoms with Gasteiger partial charge in [0.2, 0.25) is 0 Å². The zero-order chi connectivity index (χ0) is 19.1. The molecule has 0 aliphatic rings. The average Bonchev–Trinajstić information content (AvgIpc) is 2.65. The average molecular weight is 371 g/mol. The van der Waals surface area contributed by atoms with Crippen LogP contribution in [-0.4, -0.2) is 25.2 Å². The summed E-state index contributed by atoms with van der Waals surface area (Å²) >= 11 is 1.28. The van der Waals surface area contributed by atoms with Crippen molar-refractivity contribution in [2.75, 3.05) is 19.5 Å². The molecule has 2 aromatic rings. The van der Waals surface area contributed by atoms with Crippen molar-refractivity contribution >= 4 is 28.4 Å². The van der Waals surface area contributed by atoms with E-state index >= 15 is 0 Å². The fraction of sp³-hybridized carbons (Fsp3) is 0.158. The van der Waals surface area contributed by atoms with Crippen LogP contribution in [0.4, 0.5) is 5.69 Å². The molecular weight excluding hydrogens is 350 g/mol. The first-order valence-corrected chi connectivity index (χ1v) is 8.71. The number of methoxy groups -OCH3 is 2. The zero-order valence-electron chi connectivity index (χ0n) is 14.7. The molecule has 2 rings (SSSR count). The number of carbonyl (C=O) groups is 1. The number of amides is 1. The van der Waals surface area contributed by atoms with Gasteiger partial charge < -0.3 is 20.5 Å². The highest BCUT2D eigenvalue weighted by Gasteiger charge is 2.11. The van der Waals surface area contributed by atoms with Crippen LogP contribution in [0.5, 0.6) is 11.5 Å². The Labute approximate surface area is 156 Å². The van der Waals surface area contributed by atoms with E-state index in [4.69, 9.17) is 20.6 Å². The highest BCUT2D eigenvalue weighted by Crippen LogP contribution is 2.24. The summed E-state index contributed by atoms with van der Waals surface area (Å²) in [5, 5.41) is 10.8. The van der Waals surface area contributed by atoms with Crippen LogP contribution in [0.2, 0.25) is 0 Å². The molecule has 0 unspecified atom stereocenters. The number of rotatable bonds is 7. The molecule has 7 heteroatoms. The van der Waals surface area contributed by atoms with Gasteiger partial charge in [-0.3, -0.25) is 10.2 Å². The molecule has 2 aromatic carbocycles. The van der Waals surface area contributed by atoms with Crippen LogP contribution in [0.25, 0.3) is 0 Å². The quantitative estimate of drug-likeness (QED) is 0.510. The van der Waals surface area contributed by atoms with Crippen molar-refractivity contribution in [1.82, 2.24) is 0 Å². The molecule has 0 aliphatic carbocycles. The topological polar surface area (TPSA) is 97.4 Å². The lowest BCUT2D eigenvalue weighted by molar-refractivity contribution is 0.102. The third kappa shape index (κ3) is 5.29. The highest BCUT2D eigenvalue weighted by molar-refractivity contribution is 8.13. The second-order valence-corrected chi connectivity index (χ2v) is 6.38. The van der Waals surface area contributed by atoms with Crippen LogP contribution >= 0.6 is 11.8 Å². The van der Waals surface area contributed by atoms with Crippen LogP contribution in [0.3, 0.4) is 0 Å². The lowest BCUT2D eigenvalue weighted by atomic mass is 10.1. The standard InChI is InChI=1S/C19H21N3O3S/c1-12(20)18(21)26-11-13-5-4-6-15(7-13)22-19(23)14-8-16(24-2)10-17(9-14)25-3/h4-10,21H,1,11,20H2,2-3H3,(H,22,23). The number of hydrogen-bond donors (Lipinski definition) is 3. The summed E-state index contributed by atoms with van der Waals surface area (Å²) < 4.78 is 10.4. The smallest absolute Gasteiger partial charge is 0.255 e. The van der Waals surface area contributed by atoms with E-state index in [1.165, 1.54) is 26.0 Å². The van der Waals surface area contributed by atoms with Crippen molar-refractivity contribution in [3.63, 3.8) is 0 Å². The molecule has 0 fully saturated rings. The molecule has 26 heavy (non-hydrogen) atoms. The van der Waals surface area contributed by atoms with Crippen LogP contribution in [0.1, 0.15) is 15.9 Å². The van der Waals surface area contributed by atoms with E-state index in [0.29, 0.717) is 28.5 Å². The van der Waals surface area contributed by atoms with Crippen molar-refractivity contribution in [2.24, 2.45) is 5.73 Å². The molecule has 1 amide bonds. The molecule has 0 radical (unpaired) electrons. The summed E-state index contributed by atoms with van der Waals surface area (Å²) in [6.07, 6.45) is 0. The zero-order valence-corrected chi connectivity index (χ0v) is 15.5. The second-order valence-electron chi connectivity index (χ2n) is 5.40. The monoisotopic (exact) mass is 371 g/mol. The Kier molecular flexibility index (Phi) is 6.68. The van der Waals surface area contributed by atoms with Crippen molar-refractivity contribution < 1.29 is 14.3 Å². The molecule has 0 saturated heterocycles. The minimum Gasteiger partial charge on any atom is -0.497 e. The maximum atomic E-state index is 12.5. The number of nitrogens with one attached hydrogen (secondary N) is 2. The van der Waals surface area contributed by atoms with Gasteiger partial charge in [-0.1, -0.05) is 18.7 Å². The number of carbonyl (C=O) groups excluding carboxylic acids is 1. The van der Waals surface area contributed by atoms with Gasteiger partial charge in [0.05, 0.1) is 19.9 Å². The first-order chi connectivity index (χ1) is 12.4. The van der Waals surface area contributed by atoms with Gasteiger partial charge in [0.25, 0.3) is 5.91 Å². The van der Waals surface area contributed by atoms with E-state index in [1.54, 1.807) is 24.3 Å². The van der Waals surface area contributed by atoms with Crippen LogP contribution < -0.4 is 20.5 Å². The Hall–Kier alpha value is -2.93. The number of nitrogens with two attached hydrogens (primary N) is 1. The Morgan fingerprint density at radius 3 is 2.42 bits per heavy atom. The summed E-state index contributed by atoms with van der Waals surface area (Å²) in [6, 6.07) is 12.4. The van der Waals surface area contributed by atoms with Crippen LogP contribution in [-0.2, 0) is 5.75 Å². The first-order valence-electron chi connectivity index (χ1n) is 7.72. The number of benzene rings is 2. The van der Waals surface area contributed by atoms with Gasteiger partial charge in [-0.25, -0.2) is 0 Å². The molecule has 0 bridgehead atoms. The maximum Gasteiger partial charge on any atom is 0.255 e. The van der Waals surface area contributed by atoms with Gasteiger partial charge in [-0.2, -0.15) is 0 Å². The van der Waals surface area contributed by atoms with Crippen LogP contribution in [0.15, 0.2) is 54.7 Å². The van der Waals surface area contributed by atoms with E-state index in [2.05, 4.69) is 11.9 Å². The van der Waals surface area contributed by atoms with Gasteiger partial charge in [-0.15, -0.1) is 11.8 Å². The Morgan fingerprint density at radius 2 is 1.85 bits per heavy atom. The van der Waals surface area contributed by atoms with Gasteiger partial charge in [0, 0.05) is 23.1 Å². The third-order valence-corrected chi connectivity index (χ3v) is 4.50. The fourth-order valence-corrected chi connectivity index (χ4v) is 2.80. The van der Waals surface area contributed by atoms with Crippen LogP contribution in [0, 0.1) is 5.41 Å². The van der Waals surface area contributed by atoms with E-state index in [0.717, 1.165) is 5.56 Å². The highest BCUT2D eigenvalue weighted by atomic mass is 32.2. The number of ether oxygens (including phenoxy) is 2. The second kappa shape index (κ2) is 8.96. The van der Waals surface area contributed by atoms with Gasteiger partial charge in [0.1, 0.15) is 16.5 Å². The number of anilines is 1. The predicted molar refractivity (Wildman–Crippen MR) is 106 cm³/mol. The molecule has 0 atom stereocenters. The molecule has 136 valence electrons. The number of hydrogen-bond acceptors (Lipinski definition) is 6. The molecule has 0 heterocycles. The molecule has 6 nitrogen and oxygen atoms in total. The predicted octanol–water partition coefficient (Wildman–Crippen LogP) is 3.64. The summed E-state index contributed by atoms with van der Waals surface area (Å²) in [7, 11) is 3.07. The Morgan fingerprint density at radius 1 is 1.19 bits per heavy atom. The lowest BCUT2D eigenvalue weighted by Gasteiger charge is -2.10. The van der Waals surface area contributed by atoms with E-state index in [1.807, 2.05) is 18.2 Å². The van der Waals surface area contributed by atoms with E-state index in [-0.39, 0.29) is 16.6 Å². The number of thioether (sulfide) groups is 1. The van der Waals surface area contributed by atoms with Gasteiger partial charge in [0.15, 0.2) is 0 Å². The SMILES string of the molecule is C=C(N)C(=N)SCc1cccc(NC(=O)c2cc(OC)cc(OC)c2)c1. The Balaban J connectivity index is 2.11. The normalized spacial score (nSPS) is 10.1. The molecular formula is C19H21N3O3S. The summed E-state index contributed by atoms with van der Waals surface area (Å²) in [5.74, 6) is 1.38. The molecule has 0 aromatic heterocycles. The van der Waals surface area contributed by atoms with E-state index in [9.17, 15) is 4.79 Å². The first kappa shape index (κ1) is 19.4. The molecule has 0 aliphatic heterocycles. The summed E-state index contributed by atoms with van der Waals surface area (Å²) in [5.41, 5.74) is 7.79. The van der Waals surface area contributed by atoms with E-state index < -0.39 is 0 Å². The minimum absolute atomic E-state index is 0.239. The largest absolute Gasteiger partial charge is 0.497 e. The molecule has 0 saturated carbocycles. The van der Waals surface area contributed by atoms with Crippen molar-refractivity contribution in [3.05, 3.63) is 65.9 Å². The molecule has 0 spiro atoms. The maximum absolute atomic E-state index is 12.5. The van der Waals surface area contributed by atoms with Crippen molar-refractivity contribution in [1.29, 1.82) is 5.41 Å².